The van der Waals surface area contributed by atoms with Crippen LogP contribution in [-0.2, 0) is 4.74 Å². The van der Waals surface area contributed by atoms with Gasteiger partial charge in [0.1, 0.15) is 5.75 Å². The number of aryl methyl sites for hydroxylation is 2. The standard InChI is InChI=1S/C18H21N3O3/c1-12-3-4-13(2)16(11-12)24-17-6-5-15(20-21-17)18(22)19-14-7-9-23-10-8-14/h3-6,11,14H,7-10H2,1-2H3,(H,19,22). The van der Waals surface area contributed by atoms with Gasteiger partial charge in [-0.2, -0.15) is 0 Å². The minimum absolute atomic E-state index is 0.138. The molecule has 0 atom stereocenters. The van der Waals surface area contributed by atoms with Crippen LogP contribution >= 0.6 is 0 Å². The third kappa shape index (κ3) is 4.08. The fourth-order valence-electron chi connectivity index (χ4n) is 2.53. The Morgan fingerprint density at radius 3 is 2.67 bits per heavy atom. The Hall–Kier alpha value is -2.47. The number of nitrogens with zero attached hydrogens (tertiary/aromatic N) is 2. The van der Waals surface area contributed by atoms with Gasteiger partial charge >= 0.3 is 0 Å². The van der Waals surface area contributed by atoms with Gasteiger partial charge in [-0.1, -0.05) is 12.1 Å². The molecule has 0 radical (unpaired) electrons. The minimum atomic E-state index is -0.215. The van der Waals surface area contributed by atoms with Gasteiger partial charge in [-0.05, 0) is 49.9 Å². The molecular formula is C18H21N3O3. The summed E-state index contributed by atoms with van der Waals surface area (Å²) >= 11 is 0. The lowest BCUT2D eigenvalue weighted by atomic mass is 10.1. The predicted octanol–water partition coefficient (Wildman–Crippen LogP) is 2.79. The van der Waals surface area contributed by atoms with Crippen molar-refractivity contribution in [2.75, 3.05) is 13.2 Å². The van der Waals surface area contributed by atoms with Crippen LogP contribution in [0.1, 0.15) is 34.5 Å². The molecule has 2 heterocycles. The van der Waals surface area contributed by atoms with Crippen molar-refractivity contribution in [3.63, 3.8) is 0 Å². The number of rotatable bonds is 4. The van der Waals surface area contributed by atoms with E-state index in [-0.39, 0.29) is 17.6 Å². The summed E-state index contributed by atoms with van der Waals surface area (Å²) in [6.07, 6.45) is 1.65. The molecular weight excluding hydrogens is 306 g/mol. The number of carbonyl (C=O) groups is 1. The van der Waals surface area contributed by atoms with Crippen molar-refractivity contribution in [1.29, 1.82) is 0 Å². The van der Waals surface area contributed by atoms with E-state index in [2.05, 4.69) is 15.5 Å². The number of amides is 1. The van der Waals surface area contributed by atoms with Crippen LogP contribution in [0.15, 0.2) is 30.3 Å². The second kappa shape index (κ2) is 7.40. The van der Waals surface area contributed by atoms with Crippen LogP contribution < -0.4 is 10.1 Å². The number of hydrogen-bond donors (Lipinski definition) is 1. The second-order valence-electron chi connectivity index (χ2n) is 5.99. The van der Waals surface area contributed by atoms with E-state index in [4.69, 9.17) is 9.47 Å². The molecule has 1 amide bonds. The van der Waals surface area contributed by atoms with Gasteiger partial charge in [0.25, 0.3) is 5.91 Å². The first-order valence-corrected chi connectivity index (χ1v) is 8.09. The molecule has 24 heavy (non-hydrogen) atoms. The number of ether oxygens (including phenoxy) is 2. The highest BCUT2D eigenvalue weighted by molar-refractivity contribution is 5.92. The van der Waals surface area contributed by atoms with Gasteiger partial charge in [0, 0.05) is 25.3 Å². The first-order chi connectivity index (χ1) is 11.6. The van der Waals surface area contributed by atoms with E-state index in [1.54, 1.807) is 12.1 Å². The molecule has 1 aromatic heterocycles. The molecule has 0 saturated carbocycles. The summed E-state index contributed by atoms with van der Waals surface area (Å²) in [4.78, 5) is 12.2. The zero-order valence-corrected chi connectivity index (χ0v) is 13.9. The lowest BCUT2D eigenvalue weighted by molar-refractivity contribution is 0.0693. The number of nitrogens with one attached hydrogen (secondary N) is 1. The van der Waals surface area contributed by atoms with Crippen molar-refractivity contribution in [3.05, 3.63) is 47.2 Å². The lowest BCUT2D eigenvalue weighted by Crippen LogP contribution is -2.39. The minimum Gasteiger partial charge on any atom is -0.437 e. The van der Waals surface area contributed by atoms with Crippen LogP contribution in [0.4, 0.5) is 0 Å². The van der Waals surface area contributed by atoms with E-state index in [1.807, 2.05) is 32.0 Å². The maximum atomic E-state index is 12.2. The first-order valence-electron chi connectivity index (χ1n) is 8.09. The van der Waals surface area contributed by atoms with Crippen molar-refractivity contribution >= 4 is 5.91 Å². The van der Waals surface area contributed by atoms with E-state index >= 15 is 0 Å². The molecule has 0 spiro atoms. The van der Waals surface area contributed by atoms with E-state index < -0.39 is 0 Å². The summed E-state index contributed by atoms with van der Waals surface area (Å²) < 4.78 is 11.0. The fourth-order valence-corrected chi connectivity index (χ4v) is 2.53. The molecule has 0 aliphatic carbocycles. The summed E-state index contributed by atoms with van der Waals surface area (Å²) in [7, 11) is 0. The maximum absolute atomic E-state index is 12.2. The number of carbonyl (C=O) groups excluding carboxylic acids is 1. The van der Waals surface area contributed by atoms with E-state index in [9.17, 15) is 4.79 Å². The van der Waals surface area contributed by atoms with Crippen molar-refractivity contribution in [2.24, 2.45) is 0 Å². The summed E-state index contributed by atoms with van der Waals surface area (Å²) in [6, 6.07) is 9.39. The Morgan fingerprint density at radius 1 is 1.17 bits per heavy atom. The quantitative estimate of drug-likeness (QED) is 0.935. The SMILES string of the molecule is Cc1ccc(C)c(Oc2ccc(C(=O)NC3CCOCC3)nn2)c1. The highest BCUT2D eigenvalue weighted by atomic mass is 16.5. The molecule has 0 bridgehead atoms. The van der Waals surface area contributed by atoms with Gasteiger partial charge in [-0.3, -0.25) is 4.79 Å². The number of aromatic nitrogens is 2. The zero-order chi connectivity index (χ0) is 16.9. The van der Waals surface area contributed by atoms with Crippen molar-refractivity contribution in [1.82, 2.24) is 15.5 Å². The molecule has 1 aliphatic heterocycles. The zero-order valence-electron chi connectivity index (χ0n) is 13.9. The molecule has 0 unspecified atom stereocenters. The van der Waals surface area contributed by atoms with Gasteiger partial charge in [0.2, 0.25) is 5.88 Å². The van der Waals surface area contributed by atoms with Crippen LogP contribution in [0, 0.1) is 13.8 Å². The summed E-state index contributed by atoms with van der Waals surface area (Å²) in [6.45, 7) is 5.33. The summed E-state index contributed by atoms with van der Waals surface area (Å²) in [5.41, 5.74) is 2.41. The third-order valence-corrected chi connectivity index (χ3v) is 3.99. The third-order valence-electron chi connectivity index (χ3n) is 3.99. The van der Waals surface area contributed by atoms with Gasteiger partial charge in [-0.25, -0.2) is 0 Å². The molecule has 1 aromatic carbocycles. The Morgan fingerprint density at radius 2 is 1.96 bits per heavy atom. The van der Waals surface area contributed by atoms with E-state index in [0.717, 1.165) is 29.7 Å². The van der Waals surface area contributed by atoms with Gasteiger partial charge in [0.15, 0.2) is 5.69 Å². The van der Waals surface area contributed by atoms with Crippen LogP contribution in [0.2, 0.25) is 0 Å². The topological polar surface area (TPSA) is 73.3 Å². The van der Waals surface area contributed by atoms with Crippen molar-refractivity contribution in [3.8, 4) is 11.6 Å². The van der Waals surface area contributed by atoms with Crippen molar-refractivity contribution < 1.29 is 14.3 Å². The smallest absolute Gasteiger partial charge is 0.272 e. The fraction of sp³-hybridized carbons (Fsp3) is 0.389. The Kier molecular flexibility index (Phi) is 5.05. The highest BCUT2D eigenvalue weighted by Gasteiger charge is 2.18. The average molecular weight is 327 g/mol. The molecule has 3 rings (SSSR count). The van der Waals surface area contributed by atoms with Crippen molar-refractivity contribution in [2.45, 2.75) is 32.7 Å². The molecule has 6 heteroatoms. The highest BCUT2D eigenvalue weighted by Crippen LogP contribution is 2.24. The van der Waals surface area contributed by atoms with Gasteiger partial charge in [0.05, 0.1) is 0 Å². The molecule has 1 saturated heterocycles. The van der Waals surface area contributed by atoms with Gasteiger partial charge < -0.3 is 14.8 Å². The molecule has 6 nitrogen and oxygen atoms in total. The largest absolute Gasteiger partial charge is 0.437 e. The molecule has 2 aromatic rings. The van der Waals surface area contributed by atoms with Gasteiger partial charge in [-0.15, -0.1) is 10.2 Å². The van der Waals surface area contributed by atoms with E-state index in [0.29, 0.717) is 19.1 Å². The summed E-state index contributed by atoms with van der Waals surface area (Å²) in [5.74, 6) is 0.891. The molecule has 1 N–H and O–H groups in total. The number of hydrogen-bond acceptors (Lipinski definition) is 5. The van der Waals surface area contributed by atoms with Crippen LogP contribution in [-0.4, -0.2) is 35.4 Å². The Labute approximate surface area is 141 Å². The first kappa shape index (κ1) is 16.4. The van der Waals surface area contributed by atoms with Crippen LogP contribution in [0.5, 0.6) is 11.6 Å². The normalized spacial score (nSPS) is 15.1. The second-order valence-corrected chi connectivity index (χ2v) is 5.99. The lowest BCUT2D eigenvalue weighted by Gasteiger charge is -2.22. The Balaban J connectivity index is 1.64. The summed E-state index contributed by atoms with van der Waals surface area (Å²) in [5, 5.41) is 10.9. The van der Waals surface area contributed by atoms with E-state index in [1.165, 1.54) is 0 Å². The van der Waals surface area contributed by atoms with Crippen LogP contribution in [0.3, 0.4) is 0 Å². The number of benzene rings is 1. The molecule has 1 aliphatic rings. The maximum Gasteiger partial charge on any atom is 0.272 e. The molecule has 1 fully saturated rings. The van der Waals surface area contributed by atoms with Crippen LogP contribution in [0.25, 0.3) is 0 Å². The Bertz CT molecular complexity index is 710. The average Bonchev–Trinajstić information content (AvgIpc) is 2.60. The predicted molar refractivity (Wildman–Crippen MR) is 89.3 cm³/mol. The molecule has 126 valence electrons. The monoisotopic (exact) mass is 327 g/mol.